The van der Waals surface area contributed by atoms with Crippen molar-refractivity contribution in [1.82, 2.24) is 0 Å². The predicted octanol–water partition coefficient (Wildman–Crippen LogP) is 6.68. The van der Waals surface area contributed by atoms with E-state index in [2.05, 4.69) is 4.74 Å². The molecule has 0 N–H and O–H groups in total. The summed E-state index contributed by atoms with van der Waals surface area (Å²) in [5.74, 6) is 0. The van der Waals surface area contributed by atoms with Crippen molar-refractivity contribution in [2.24, 2.45) is 4.74 Å². The van der Waals surface area contributed by atoms with Gasteiger partial charge in [-0.25, -0.2) is 0 Å². The van der Waals surface area contributed by atoms with Crippen molar-refractivity contribution in [2.45, 2.75) is 0 Å². The van der Waals surface area contributed by atoms with Gasteiger partial charge >= 0.3 is 102 Å². The van der Waals surface area contributed by atoms with Gasteiger partial charge in [-0.2, -0.15) is 0 Å². The Kier molecular flexibility index (Phi) is 4.31. The Bertz CT molecular complexity index is 270. The third-order valence-electron chi connectivity index (χ3n) is 1.10. The molecule has 0 aliphatic carbocycles. The maximum atomic E-state index is 5.97. The van der Waals surface area contributed by atoms with Gasteiger partial charge in [0.2, 0.25) is 0 Å². The summed E-state index contributed by atoms with van der Waals surface area (Å²) in [5.41, 5.74) is -2.96. The monoisotopic (exact) mass is 343 g/mol. The number of halogens is 6. The molecule has 10 heteroatoms. The molecule has 1 aliphatic rings. The van der Waals surface area contributed by atoms with E-state index in [1.165, 1.54) is 0 Å². The number of nitrogens with zero attached hydrogens (tertiary/aromatic N) is 1. The molecule has 0 bridgehead atoms. The van der Waals surface area contributed by atoms with Crippen molar-refractivity contribution in [1.29, 1.82) is 0 Å². The van der Waals surface area contributed by atoms with Gasteiger partial charge in [0.1, 0.15) is 0 Å². The van der Waals surface area contributed by atoms with Gasteiger partial charge < -0.3 is 0 Å². The number of hydrogen-bond acceptors (Lipinski definition) is 1. The summed E-state index contributed by atoms with van der Waals surface area (Å²) >= 11 is 35.2. The predicted molar refractivity (Wildman–Crippen MR) is 68.1 cm³/mol. The van der Waals surface area contributed by atoms with Crippen LogP contribution in [0.5, 0.6) is 0 Å². The molecular formula is C2H2Cl6NP3. The fourth-order valence-corrected chi connectivity index (χ4v) is 15.4. The summed E-state index contributed by atoms with van der Waals surface area (Å²) in [6.07, 6.45) is 0. The van der Waals surface area contributed by atoms with Crippen LogP contribution in [0.2, 0.25) is 0 Å². The van der Waals surface area contributed by atoms with Gasteiger partial charge in [0.05, 0.1) is 0 Å². The Balaban J connectivity index is 3.21. The molecule has 1 aliphatic heterocycles. The van der Waals surface area contributed by atoms with Gasteiger partial charge in [-0.15, -0.1) is 0 Å². The van der Waals surface area contributed by atoms with Crippen molar-refractivity contribution in [3.8, 4) is 0 Å². The molecule has 0 aromatic heterocycles. The van der Waals surface area contributed by atoms with Crippen LogP contribution in [0.3, 0.4) is 0 Å². The molecule has 0 fully saturated rings. The van der Waals surface area contributed by atoms with Crippen LogP contribution in [-0.2, 0) is 0 Å². The quantitative estimate of drug-likeness (QED) is 0.343. The average molecular weight is 346 g/mol. The zero-order valence-electron chi connectivity index (χ0n) is 5.16. The minimum absolute atomic E-state index is 0.124. The molecule has 0 atom stereocenters. The minimum atomic E-state index is -2.96. The van der Waals surface area contributed by atoms with Crippen molar-refractivity contribution < 1.29 is 0 Å². The number of hydrogen-bond donors (Lipinski definition) is 0. The molecular weight excluding hydrogens is 344 g/mol. The molecule has 0 amide bonds. The van der Waals surface area contributed by atoms with E-state index in [9.17, 15) is 0 Å². The first-order chi connectivity index (χ1) is 5.29. The van der Waals surface area contributed by atoms with Crippen LogP contribution < -0.4 is 0 Å². The topological polar surface area (TPSA) is 12.4 Å². The van der Waals surface area contributed by atoms with Crippen molar-refractivity contribution in [2.75, 3.05) is 0 Å². The summed E-state index contributed by atoms with van der Waals surface area (Å²) < 4.78 is 3.95. The Labute approximate surface area is 101 Å². The molecule has 0 saturated carbocycles. The normalized spacial score (nSPS) is 32.8. The fourth-order valence-electron chi connectivity index (χ4n) is 0.475. The molecule has 0 spiro atoms. The summed E-state index contributed by atoms with van der Waals surface area (Å²) in [7, 11) is 0.461. The van der Waals surface area contributed by atoms with Crippen LogP contribution in [0.15, 0.2) is 14.7 Å². The third-order valence-corrected chi connectivity index (χ3v) is 32.5. The van der Waals surface area contributed by atoms with E-state index in [1.54, 1.807) is 0 Å². The molecule has 1 heterocycles. The van der Waals surface area contributed by atoms with Crippen molar-refractivity contribution in [3.05, 3.63) is 9.93 Å². The van der Waals surface area contributed by atoms with Crippen LogP contribution in [0.4, 0.5) is 0 Å². The first-order valence-electron chi connectivity index (χ1n) is 2.53. The van der Waals surface area contributed by atoms with Crippen molar-refractivity contribution >= 4 is 87.2 Å². The number of rotatable bonds is 0. The molecule has 0 aromatic rings. The molecule has 0 unspecified atom stereocenters. The SMILES string of the molecule is ClC1=C(Cl)[PH](Cl)(Cl)[PH](Cl)(Cl)P=N1. The molecule has 0 radical (unpaired) electrons. The van der Waals surface area contributed by atoms with Gasteiger partial charge in [0.15, 0.2) is 0 Å². The van der Waals surface area contributed by atoms with Gasteiger partial charge in [0.25, 0.3) is 0 Å². The Morgan fingerprint density at radius 3 is 2.00 bits per heavy atom. The van der Waals surface area contributed by atoms with Crippen LogP contribution in [0.1, 0.15) is 0 Å². The standard InChI is InChI=1S/C2H2Cl6NP3/c3-1-2(4)11(5,6)12(7,8)10-9-1/h11-12H. The Hall–Kier alpha value is 2.44. The van der Waals surface area contributed by atoms with Crippen LogP contribution >= 0.6 is 87.2 Å². The summed E-state index contributed by atoms with van der Waals surface area (Å²) in [5, 5.41) is -2.65. The van der Waals surface area contributed by atoms with Gasteiger partial charge in [-0.1, -0.05) is 0 Å². The molecule has 12 heavy (non-hydrogen) atoms. The van der Waals surface area contributed by atoms with Gasteiger partial charge in [-0.05, 0) is 0 Å². The van der Waals surface area contributed by atoms with E-state index in [0.29, 0.717) is 8.06 Å². The summed E-state index contributed by atoms with van der Waals surface area (Å²) in [6, 6.07) is 0. The zero-order chi connectivity index (χ0) is 9.57. The Morgan fingerprint density at radius 2 is 1.58 bits per heavy atom. The first kappa shape index (κ1) is 12.5. The third kappa shape index (κ3) is 2.16. The first-order valence-corrected chi connectivity index (χ1v) is 14.0. The van der Waals surface area contributed by atoms with Gasteiger partial charge in [-0.3, -0.25) is 0 Å². The molecule has 1 rings (SSSR count). The average Bonchev–Trinajstić information content (AvgIpc) is 1.96. The second-order valence-electron chi connectivity index (χ2n) is 1.92. The molecule has 0 saturated heterocycles. The summed E-state index contributed by atoms with van der Waals surface area (Å²) in [6.45, 7) is 0. The van der Waals surface area contributed by atoms with E-state index in [1.807, 2.05) is 0 Å². The molecule has 72 valence electrons. The van der Waals surface area contributed by atoms with E-state index >= 15 is 0 Å². The van der Waals surface area contributed by atoms with Gasteiger partial charge in [0, 0.05) is 0 Å². The molecule has 1 nitrogen and oxygen atoms in total. The van der Waals surface area contributed by atoms with Crippen molar-refractivity contribution in [3.63, 3.8) is 0 Å². The van der Waals surface area contributed by atoms with E-state index in [0.717, 1.165) is 0 Å². The van der Waals surface area contributed by atoms with E-state index in [-0.39, 0.29) is 9.93 Å². The maximum absolute atomic E-state index is 5.97. The van der Waals surface area contributed by atoms with E-state index in [4.69, 9.17) is 68.2 Å². The molecule has 0 aromatic carbocycles. The zero-order valence-corrected chi connectivity index (χ0v) is 12.6. The second-order valence-corrected chi connectivity index (χ2v) is 27.8. The Morgan fingerprint density at radius 1 is 1.08 bits per heavy atom. The van der Waals surface area contributed by atoms with Crippen LogP contribution in [0.25, 0.3) is 0 Å². The summed E-state index contributed by atoms with van der Waals surface area (Å²) in [4.78, 5) is 0. The van der Waals surface area contributed by atoms with E-state index < -0.39 is 11.0 Å². The fraction of sp³-hybridized carbons (Fsp3) is 0. The van der Waals surface area contributed by atoms with Crippen LogP contribution in [0, 0.1) is 0 Å². The van der Waals surface area contributed by atoms with Crippen LogP contribution in [-0.4, -0.2) is 0 Å². The second kappa shape index (κ2) is 4.13.